The van der Waals surface area contributed by atoms with Gasteiger partial charge in [0.2, 0.25) is 0 Å². The number of hydrogen-bond acceptors (Lipinski definition) is 2. The van der Waals surface area contributed by atoms with E-state index in [4.69, 9.17) is 10.5 Å². The van der Waals surface area contributed by atoms with E-state index in [1.807, 2.05) is 0 Å². The molecule has 0 saturated heterocycles. The minimum Gasteiger partial charge on any atom is -0.197 e. The molecule has 2 saturated carbocycles. The third-order valence-electron chi connectivity index (χ3n) is 5.50. The minimum absolute atomic E-state index is 0.466. The maximum absolute atomic E-state index is 13.7. The van der Waals surface area contributed by atoms with Crippen LogP contribution < -0.4 is 0 Å². The zero-order valence-electron chi connectivity index (χ0n) is 10.4. The van der Waals surface area contributed by atoms with Gasteiger partial charge in [0.25, 0.3) is 0 Å². The fourth-order valence-corrected chi connectivity index (χ4v) is 4.81. The van der Waals surface area contributed by atoms with Crippen molar-refractivity contribution in [2.45, 2.75) is 25.2 Å². The summed E-state index contributed by atoms with van der Waals surface area (Å²) >= 11 is 0. The van der Waals surface area contributed by atoms with Gasteiger partial charge in [0.1, 0.15) is 10.8 Å². The Morgan fingerprint density at radius 2 is 1.52 bits per heavy atom. The fraction of sp³-hybridized carbons (Fsp3) is 0.692. The summed E-state index contributed by atoms with van der Waals surface area (Å²) < 4.78 is 81.7. The summed E-state index contributed by atoms with van der Waals surface area (Å²) in [5, 5.41) is 18.1. The van der Waals surface area contributed by atoms with Gasteiger partial charge in [-0.25, -0.2) is 0 Å². The Morgan fingerprint density at radius 1 is 0.952 bits per heavy atom. The second kappa shape index (κ2) is 3.37. The van der Waals surface area contributed by atoms with Crippen molar-refractivity contribution in [1.29, 1.82) is 10.5 Å². The lowest BCUT2D eigenvalue weighted by molar-refractivity contribution is -0.378. The molecule has 8 heteroatoms. The van der Waals surface area contributed by atoms with Crippen LogP contribution in [0.15, 0.2) is 12.2 Å². The van der Waals surface area contributed by atoms with E-state index in [2.05, 4.69) is 0 Å². The lowest BCUT2D eigenvalue weighted by Gasteiger charge is -2.62. The first kappa shape index (κ1) is 14.2. The predicted molar refractivity (Wildman–Crippen MR) is 56.0 cm³/mol. The molecule has 2 nitrogen and oxygen atoms in total. The molecule has 0 aromatic heterocycles. The summed E-state index contributed by atoms with van der Waals surface area (Å²) in [5.41, 5.74) is -9.20. The molecule has 0 heterocycles. The third-order valence-corrected chi connectivity index (χ3v) is 5.50. The number of hydrogen-bond donors (Lipinski definition) is 0. The molecule has 2 bridgehead atoms. The second-order valence-corrected chi connectivity index (χ2v) is 5.94. The highest BCUT2D eigenvalue weighted by Crippen LogP contribution is 2.86. The van der Waals surface area contributed by atoms with Gasteiger partial charge >= 0.3 is 12.4 Å². The van der Waals surface area contributed by atoms with Gasteiger partial charge in [0.15, 0.2) is 5.41 Å². The summed E-state index contributed by atoms with van der Waals surface area (Å²) in [5.74, 6) is -2.24. The first-order chi connectivity index (χ1) is 9.53. The zero-order valence-corrected chi connectivity index (χ0v) is 10.4. The molecular formula is C13H8F6N2. The van der Waals surface area contributed by atoms with Crippen molar-refractivity contribution in [3.63, 3.8) is 0 Å². The van der Waals surface area contributed by atoms with Gasteiger partial charge in [-0.2, -0.15) is 36.9 Å². The van der Waals surface area contributed by atoms with Crippen LogP contribution >= 0.6 is 0 Å². The van der Waals surface area contributed by atoms with Gasteiger partial charge in [-0.1, -0.05) is 12.2 Å². The Balaban J connectivity index is 2.36. The van der Waals surface area contributed by atoms with Crippen molar-refractivity contribution in [2.24, 2.45) is 28.1 Å². The molecule has 0 N–H and O–H groups in total. The molecule has 3 rings (SSSR count). The van der Waals surface area contributed by atoms with E-state index in [1.54, 1.807) is 0 Å². The number of alkyl halides is 6. The number of nitriles is 2. The lowest BCUT2D eigenvalue weighted by atomic mass is 9.37. The normalized spacial score (nSPS) is 42.9. The van der Waals surface area contributed by atoms with E-state index in [0.29, 0.717) is 6.08 Å². The van der Waals surface area contributed by atoms with Crippen LogP contribution in [0.4, 0.5) is 26.3 Å². The predicted octanol–water partition coefficient (Wildman–Crippen LogP) is 3.73. The summed E-state index contributed by atoms with van der Waals surface area (Å²) in [6.45, 7) is 0. The number of allylic oxidation sites excluding steroid dienone is 2. The standard InChI is InChI=1S/C13H8F6N2/c14-12(15,16)10-2-1-7(3-10)8-4-9(5-20,6-21)11(8,10)13(17,18)19/h1-2,7-8H,3-4H2. The van der Waals surface area contributed by atoms with E-state index >= 15 is 0 Å². The molecule has 0 aromatic carbocycles. The van der Waals surface area contributed by atoms with Crippen LogP contribution in [0.3, 0.4) is 0 Å². The van der Waals surface area contributed by atoms with Gasteiger partial charge < -0.3 is 0 Å². The Labute approximate surface area is 115 Å². The fourth-order valence-electron chi connectivity index (χ4n) is 4.81. The topological polar surface area (TPSA) is 47.6 Å². The van der Waals surface area contributed by atoms with E-state index in [-0.39, 0.29) is 0 Å². The average molecular weight is 306 g/mol. The van der Waals surface area contributed by atoms with Gasteiger partial charge in [-0.15, -0.1) is 0 Å². The molecule has 112 valence electrons. The molecule has 2 fully saturated rings. The molecule has 3 aliphatic rings. The van der Waals surface area contributed by atoms with Gasteiger partial charge in [0.05, 0.1) is 12.1 Å². The van der Waals surface area contributed by atoms with Gasteiger partial charge in [-0.3, -0.25) is 0 Å². The Kier molecular flexibility index (Phi) is 2.29. The summed E-state index contributed by atoms with van der Waals surface area (Å²) in [4.78, 5) is 0. The zero-order chi connectivity index (χ0) is 15.9. The van der Waals surface area contributed by atoms with Crippen molar-refractivity contribution >= 4 is 0 Å². The van der Waals surface area contributed by atoms with Crippen LogP contribution in [-0.4, -0.2) is 12.4 Å². The molecule has 0 amide bonds. The molecular weight excluding hydrogens is 298 g/mol. The third kappa shape index (κ3) is 1.11. The maximum atomic E-state index is 13.7. The van der Waals surface area contributed by atoms with Crippen molar-refractivity contribution < 1.29 is 26.3 Å². The Morgan fingerprint density at radius 3 is 1.95 bits per heavy atom. The first-order valence-electron chi connectivity index (χ1n) is 6.18. The second-order valence-electron chi connectivity index (χ2n) is 5.94. The van der Waals surface area contributed by atoms with Crippen LogP contribution in [0, 0.1) is 50.7 Å². The average Bonchev–Trinajstić information content (AvgIpc) is 2.82. The van der Waals surface area contributed by atoms with Crippen molar-refractivity contribution in [3.8, 4) is 12.1 Å². The highest BCUT2D eigenvalue weighted by molar-refractivity contribution is 5.45. The number of nitrogens with zero attached hydrogens (tertiary/aromatic N) is 2. The SMILES string of the molecule is N#CC1(C#N)CC2C3C=CC(C(F)(F)F)(C3)C21C(F)(F)F. The molecule has 21 heavy (non-hydrogen) atoms. The largest absolute Gasteiger partial charge is 0.398 e. The van der Waals surface area contributed by atoms with E-state index in [1.165, 1.54) is 12.1 Å². The monoisotopic (exact) mass is 306 g/mol. The number of halogens is 6. The van der Waals surface area contributed by atoms with Crippen LogP contribution in [-0.2, 0) is 0 Å². The number of rotatable bonds is 0. The lowest BCUT2D eigenvalue weighted by Crippen LogP contribution is -2.72. The molecule has 0 aromatic rings. The van der Waals surface area contributed by atoms with Crippen LogP contribution in [0.2, 0.25) is 0 Å². The highest BCUT2D eigenvalue weighted by atomic mass is 19.4. The van der Waals surface area contributed by atoms with Crippen LogP contribution in [0.1, 0.15) is 12.8 Å². The first-order valence-corrected chi connectivity index (χ1v) is 6.18. The van der Waals surface area contributed by atoms with E-state index < -0.39 is 53.3 Å². The smallest absolute Gasteiger partial charge is 0.197 e. The van der Waals surface area contributed by atoms with Gasteiger partial charge in [0, 0.05) is 0 Å². The molecule has 3 aliphatic carbocycles. The van der Waals surface area contributed by atoms with Gasteiger partial charge in [-0.05, 0) is 24.7 Å². The molecule has 4 atom stereocenters. The van der Waals surface area contributed by atoms with Crippen molar-refractivity contribution in [3.05, 3.63) is 12.2 Å². The van der Waals surface area contributed by atoms with Crippen molar-refractivity contribution in [2.75, 3.05) is 0 Å². The number of fused-ring (bicyclic) bond motifs is 5. The maximum Gasteiger partial charge on any atom is 0.398 e. The summed E-state index contributed by atoms with van der Waals surface area (Å²) in [6, 6.07) is 2.50. The van der Waals surface area contributed by atoms with E-state index in [9.17, 15) is 26.3 Å². The van der Waals surface area contributed by atoms with E-state index in [0.717, 1.165) is 6.08 Å². The molecule has 4 unspecified atom stereocenters. The summed E-state index contributed by atoms with van der Waals surface area (Å²) in [7, 11) is 0. The highest BCUT2D eigenvalue weighted by Gasteiger charge is 2.94. The quantitative estimate of drug-likeness (QED) is 0.506. The molecule has 0 aliphatic heterocycles. The Hall–Kier alpha value is -1.70. The summed E-state index contributed by atoms with van der Waals surface area (Å²) in [6.07, 6.45) is -9.96. The molecule has 0 radical (unpaired) electrons. The Bertz CT molecular complexity index is 605. The van der Waals surface area contributed by atoms with Crippen LogP contribution in [0.25, 0.3) is 0 Å². The molecule has 0 spiro atoms. The van der Waals surface area contributed by atoms with Crippen molar-refractivity contribution in [1.82, 2.24) is 0 Å². The minimum atomic E-state index is -5.28. The van der Waals surface area contributed by atoms with Crippen LogP contribution in [0.5, 0.6) is 0 Å².